The minimum absolute atomic E-state index is 0.0945. The van der Waals surface area contributed by atoms with Crippen molar-refractivity contribution >= 4 is 23.2 Å². The molecule has 0 bridgehead atoms. The molecule has 1 aliphatic rings. The highest BCUT2D eigenvalue weighted by molar-refractivity contribution is 6.34. The van der Waals surface area contributed by atoms with Crippen LogP contribution < -0.4 is 5.32 Å². The van der Waals surface area contributed by atoms with Gasteiger partial charge in [0.25, 0.3) is 0 Å². The molecule has 1 heterocycles. The number of anilines is 1. The van der Waals surface area contributed by atoms with Gasteiger partial charge in [-0.15, -0.1) is 0 Å². The van der Waals surface area contributed by atoms with Gasteiger partial charge in [-0.1, -0.05) is 17.7 Å². The smallest absolute Gasteiger partial charge is 0.238 e. The van der Waals surface area contributed by atoms with E-state index in [1.54, 1.807) is 0 Å². The first-order chi connectivity index (χ1) is 8.95. The van der Waals surface area contributed by atoms with E-state index in [4.69, 9.17) is 11.6 Å². The zero-order valence-corrected chi connectivity index (χ0v) is 12.0. The first-order valence-electron chi connectivity index (χ1n) is 6.42. The SMILES string of the molecule is Cc1cc(C)c(NC(=O)CN2CC[C@H](O)C2)c(Cl)c1. The van der Waals surface area contributed by atoms with Gasteiger partial charge in [0.2, 0.25) is 5.91 Å². The van der Waals surface area contributed by atoms with Gasteiger partial charge in [0.1, 0.15) is 0 Å². The lowest BCUT2D eigenvalue weighted by Crippen LogP contribution is -2.32. The van der Waals surface area contributed by atoms with E-state index >= 15 is 0 Å². The Morgan fingerprint density at radius 1 is 1.53 bits per heavy atom. The van der Waals surface area contributed by atoms with E-state index in [0.29, 0.717) is 23.8 Å². The number of carbonyl (C=O) groups is 1. The van der Waals surface area contributed by atoms with Crippen LogP contribution in [0.15, 0.2) is 12.1 Å². The molecule has 19 heavy (non-hydrogen) atoms. The minimum atomic E-state index is -0.308. The summed E-state index contributed by atoms with van der Waals surface area (Å²) in [5.74, 6) is -0.0945. The maximum absolute atomic E-state index is 12.0. The average molecular weight is 283 g/mol. The average Bonchev–Trinajstić information content (AvgIpc) is 2.69. The molecular formula is C14H19ClN2O2. The number of benzene rings is 1. The van der Waals surface area contributed by atoms with Crippen LogP contribution in [0.2, 0.25) is 5.02 Å². The van der Waals surface area contributed by atoms with Gasteiger partial charge in [-0.25, -0.2) is 0 Å². The fourth-order valence-electron chi connectivity index (χ4n) is 2.41. The molecule has 1 saturated heterocycles. The molecule has 5 heteroatoms. The van der Waals surface area contributed by atoms with E-state index in [9.17, 15) is 9.90 Å². The third-order valence-corrected chi connectivity index (χ3v) is 3.61. The molecular weight excluding hydrogens is 264 g/mol. The molecule has 0 radical (unpaired) electrons. The largest absolute Gasteiger partial charge is 0.392 e. The van der Waals surface area contributed by atoms with Crippen LogP contribution in [-0.4, -0.2) is 41.7 Å². The minimum Gasteiger partial charge on any atom is -0.392 e. The Balaban J connectivity index is 1.99. The Hall–Kier alpha value is -1.10. The highest BCUT2D eigenvalue weighted by Gasteiger charge is 2.22. The number of aliphatic hydroxyl groups is 1. The molecule has 1 aliphatic heterocycles. The van der Waals surface area contributed by atoms with Gasteiger partial charge in [-0.2, -0.15) is 0 Å². The molecule has 0 saturated carbocycles. The highest BCUT2D eigenvalue weighted by atomic mass is 35.5. The number of nitrogens with zero attached hydrogens (tertiary/aromatic N) is 1. The Morgan fingerprint density at radius 3 is 2.84 bits per heavy atom. The molecule has 4 nitrogen and oxygen atoms in total. The number of hydrogen-bond donors (Lipinski definition) is 2. The monoisotopic (exact) mass is 282 g/mol. The summed E-state index contributed by atoms with van der Waals surface area (Å²) in [6.45, 7) is 5.51. The Kier molecular flexibility index (Phi) is 4.45. The lowest BCUT2D eigenvalue weighted by molar-refractivity contribution is -0.117. The predicted molar refractivity (Wildman–Crippen MR) is 76.6 cm³/mol. The number of halogens is 1. The third kappa shape index (κ3) is 3.69. The van der Waals surface area contributed by atoms with Crippen molar-refractivity contribution in [1.82, 2.24) is 4.90 Å². The summed E-state index contributed by atoms with van der Waals surface area (Å²) in [6.07, 6.45) is 0.426. The summed E-state index contributed by atoms with van der Waals surface area (Å²) in [6, 6.07) is 3.82. The summed E-state index contributed by atoms with van der Waals surface area (Å²) in [4.78, 5) is 13.9. The Labute approximate surface area is 118 Å². The molecule has 0 spiro atoms. The summed E-state index contributed by atoms with van der Waals surface area (Å²) in [7, 11) is 0. The van der Waals surface area contributed by atoms with Gasteiger partial charge in [-0.05, 0) is 37.5 Å². The fraction of sp³-hybridized carbons (Fsp3) is 0.500. The zero-order chi connectivity index (χ0) is 14.0. The van der Waals surface area contributed by atoms with Crippen molar-refractivity contribution in [3.63, 3.8) is 0 Å². The topological polar surface area (TPSA) is 52.6 Å². The first-order valence-corrected chi connectivity index (χ1v) is 6.80. The second kappa shape index (κ2) is 5.90. The molecule has 1 amide bonds. The van der Waals surface area contributed by atoms with E-state index in [-0.39, 0.29) is 12.0 Å². The lowest BCUT2D eigenvalue weighted by Gasteiger charge is -2.16. The number of aliphatic hydroxyl groups excluding tert-OH is 1. The predicted octanol–water partition coefficient (Wildman–Crippen LogP) is 1.96. The van der Waals surface area contributed by atoms with E-state index in [0.717, 1.165) is 24.1 Å². The fourth-order valence-corrected chi connectivity index (χ4v) is 2.78. The van der Waals surface area contributed by atoms with Crippen molar-refractivity contribution in [3.8, 4) is 0 Å². The summed E-state index contributed by atoms with van der Waals surface area (Å²) in [5.41, 5.74) is 2.71. The number of rotatable bonds is 3. The van der Waals surface area contributed by atoms with Crippen molar-refractivity contribution in [1.29, 1.82) is 0 Å². The highest BCUT2D eigenvalue weighted by Crippen LogP contribution is 2.27. The van der Waals surface area contributed by atoms with Crippen LogP contribution in [-0.2, 0) is 4.79 Å². The maximum atomic E-state index is 12.0. The number of likely N-dealkylation sites (tertiary alicyclic amines) is 1. The van der Waals surface area contributed by atoms with Crippen molar-refractivity contribution in [2.75, 3.05) is 25.0 Å². The van der Waals surface area contributed by atoms with Crippen LogP contribution in [0, 0.1) is 13.8 Å². The van der Waals surface area contributed by atoms with Crippen molar-refractivity contribution < 1.29 is 9.90 Å². The molecule has 2 N–H and O–H groups in total. The molecule has 1 atom stereocenters. The number of aryl methyl sites for hydroxylation is 2. The summed E-state index contributed by atoms with van der Waals surface area (Å²) < 4.78 is 0. The van der Waals surface area contributed by atoms with Gasteiger partial charge >= 0.3 is 0 Å². The zero-order valence-electron chi connectivity index (χ0n) is 11.2. The van der Waals surface area contributed by atoms with Crippen molar-refractivity contribution in [2.45, 2.75) is 26.4 Å². The van der Waals surface area contributed by atoms with Gasteiger partial charge in [0, 0.05) is 13.1 Å². The Bertz CT molecular complexity index is 467. The molecule has 1 fully saturated rings. The number of hydrogen-bond acceptors (Lipinski definition) is 3. The Morgan fingerprint density at radius 2 is 2.26 bits per heavy atom. The first kappa shape index (κ1) is 14.3. The normalized spacial score (nSPS) is 19.7. The number of β-amino-alcohol motifs (C(OH)–C–C–N with tert-alkyl or cyclic N) is 1. The van der Waals surface area contributed by atoms with Crippen molar-refractivity contribution in [3.05, 3.63) is 28.3 Å². The standard InChI is InChI=1S/C14H19ClN2O2/c1-9-5-10(2)14(12(15)6-9)16-13(19)8-17-4-3-11(18)7-17/h5-6,11,18H,3-4,7-8H2,1-2H3,(H,16,19)/t11-/m0/s1. The molecule has 0 aliphatic carbocycles. The van der Waals surface area contributed by atoms with Gasteiger partial charge in [-0.3, -0.25) is 9.69 Å². The molecule has 0 aromatic heterocycles. The van der Waals surface area contributed by atoms with Crippen LogP contribution in [0.5, 0.6) is 0 Å². The lowest BCUT2D eigenvalue weighted by atomic mass is 10.1. The number of nitrogens with one attached hydrogen (secondary N) is 1. The van der Waals surface area contributed by atoms with Gasteiger partial charge < -0.3 is 10.4 Å². The molecule has 104 valence electrons. The van der Waals surface area contributed by atoms with E-state index in [2.05, 4.69) is 5.32 Å². The van der Waals surface area contributed by atoms with Gasteiger partial charge in [0.15, 0.2) is 0 Å². The van der Waals surface area contributed by atoms with Crippen molar-refractivity contribution in [2.24, 2.45) is 0 Å². The molecule has 1 aromatic carbocycles. The van der Waals surface area contributed by atoms with E-state index < -0.39 is 0 Å². The van der Waals surface area contributed by atoms with Crippen LogP contribution in [0.4, 0.5) is 5.69 Å². The van der Waals surface area contributed by atoms with Crippen LogP contribution in [0.3, 0.4) is 0 Å². The number of carbonyl (C=O) groups excluding carboxylic acids is 1. The van der Waals surface area contributed by atoms with Gasteiger partial charge in [0.05, 0.1) is 23.4 Å². The van der Waals surface area contributed by atoms with E-state index in [1.807, 2.05) is 30.9 Å². The van der Waals surface area contributed by atoms with E-state index in [1.165, 1.54) is 0 Å². The van der Waals surface area contributed by atoms with Crippen LogP contribution in [0.1, 0.15) is 17.5 Å². The molecule has 1 aromatic rings. The second-order valence-electron chi connectivity index (χ2n) is 5.16. The quantitative estimate of drug-likeness (QED) is 0.891. The second-order valence-corrected chi connectivity index (χ2v) is 5.57. The van der Waals surface area contributed by atoms with Crippen LogP contribution in [0.25, 0.3) is 0 Å². The molecule has 2 rings (SSSR count). The third-order valence-electron chi connectivity index (χ3n) is 3.31. The number of amides is 1. The maximum Gasteiger partial charge on any atom is 0.238 e. The summed E-state index contributed by atoms with van der Waals surface area (Å²) >= 11 is 6.15. The molecule has 0 unspecified atom stereocenters. The van der Waals surface area contributed by atoms with Crippen LogP contribution >= 0.6 is 11.6 Å². The summed E-state index contributed by atoms with van der Waals surface area (Å²) in [5, 5.41) is 12.8.